The molecule has 100 valence electrons. The van der Waals surface area contributed by atoms with Gasteiger partial charge in [-0.25, -0.2) is 0 Å². The van der Waals surface area contributed by atoms with Crippen molar-refractivity contribution in [2.75, 3.05) is 47.0 Å². The number of likely N-dealkylation sites (N-methyl/N-ethyl adjacent to an activating group) is 1. The Balaban J connectivity index is 1.71. The Bertz CT molecular complexity index is 229. The summed E-state index contributed by atoms with van der Waals surface area (Å²) in [5.74, 6) is 0. The molecule has 0 bridgehead atoms. The second-order valence-corrected chi connectivity index (χ2v) is 5.45. The molecule has 2 unspecified atom stereocenters. The van der Waals surface area contributed by atoms with Crippen LogP contribution < -0.4 is 5.32 Å². The van der Waals surface area contributed by atoms with Crippen molar-refractivity contribution in [1.82, 2.24) is 10.2 Å². The highest BCUT2D eigenvalue weighted by molar-refractivity contribution is 4.88. The summed E-state index contributed by atoms with van der Waals surface area (Å²) in [5, 5.41) is 3.57. The van der Waals surface area contributed by atoms with Gasteiger partial charge in [0.05, 0.1) is 6.61 Å². The molecule has 4 heteroatoms. The van der Waals surface area contributed by atoms with Gasteiger partial charge in [0.15, 0.2) is 0 Å². The van der Waals surface area contributed by atoms with Gasteiger partial charge in [0.2, 0.25) is 0 Å². The first-order valence-electron chi connectivity index (χ1n) is 6.80. The second kappa shape index (κ2) is 6.14. The first-order valence-corrected chi connectivity index (χ1v) is 6.80. The summed E-state index contributed by atoms with van der Waals surface area (Å²) in [6.45, 7) is 4.79. The molecule has 0 aromatic carbocycles. The third-order valence-electron chi connectivity index (χ3n) is 4.25. The fourth-order valence-corrected chi connectivity index (χ4v) is 2.83. The predicted molar refractivity (Wildman–Crippen MR) is 68.3 cm³/mol. The molecule has 0 aromatic heterocycles. The zero-order valence-electron chi connectivity index (χ0n) is 11.2. The van der Waals surface area contributed by atoms with E-state index >= 15 is 0 Å². The molecule has 2 atom stereocenters. The third-order valence-corrected chi connectivity index (χ3v) is 4.25. The molecule has 0 aromatic rings. The van der Waals surface area contributed by atoms with Crippen LogP contribution in [-0.2, 0) is 9.47 Å². The molecule has 0 spiro atoms. The molecular weight excluding hydrogens is 216 g/mol. The maximum Gasteiger partial charge on any atom is 0.106 e. The van der Waals surface area contributed by atoms with Crippen molar-refractivity contribution in [2.45, 2.75) is 37.3 Å². The molecule has 2 aliphatic rings. The van der Waals surface area contributed by atoms with Crippen molar-refractivity contribution < 1.29 is 9.47 Å². The largest absolute Gasteiger partial charge is 0.378 e. The van der Waals surface area contributed by atoms with Crippen molar-refractivity contribution in [1.29, 1.82) is 0 Å². The van der Waals surface area contributed by atoms with Crippen molar-refractivity contribution in [3.05, 3.63) is 0 Å². The number of rotatable bonds is 5. The van der Waals surface area contributed by atoms with Gasteiger partial charge in [-0.2, -0.15) is 0 Å². The van der Waals surface area contributed by atoms with E-state index in [0.29, 0.717) is 6.04 Å². The summed E-state index contributed by atoms with van der Waals surface area (Å²) >= 11 is 0. The lowest BCUT2D eigenvalue weighted by Crippen LogP contribution is -2.48. The molecule has 2 saturated heterocycles. The smallest absolute Gasteiger partial charge is 0.106 e. The molecule has 0 aliphatic carbocycles. The molecule has 0 saturated carbocycles. The van der Waals surface area contributed by atoms with E-state index in [1.54, 1.807) is 7.11 Å². The van der Waals surface area contributed by atoms with Crippen molar-refractivity contribution >= 4 is 0 Å². The van der Waals surface area contributed by atoms with Crippen molar-refractivity contribution in [3.8, 4) is 0 Å². The van der Waals surface area contributed by atoms with Crippen molar-refractivity contribution in [3.63, 3.8) is 0 Å². The molecule has 0 amide bonds. The van der Waals surface area contributed by atoms with Crippen LogP contribution in [-0.4, -0.2) is 63.5 Å². The molecule has 0 radical (unpaired) electrons. The van der Waals surface area contributed by atoms with Gasteiger partial charge in [0.1, 0.15) is 5.60 Å². The number of piperidine rings is 1. The maximum absolute atomic E-state index is 5.61. The Kier molecular flexibility index (Phi) is 4.79. The monoisotopic (exact) mass is 242 g/mol. The summed E-state index contributed by atoms with van der Waals surface area (Å²) in [6.07, 6.45) is 5.05. The summed E-state index contributed by atoms with van der Waals surface area (Å²) in [5.41, 5.74) is -0.0762. The molecule has 4 nitrogen and oxygen atoms in total. The number of hydrogen-bond acceptors (Lipinski definition) is 4. The first-order chi connectivity index (χ1) is 8.26. The topological polar surface area (TPSA) is 33.7 Å². The third kappa shape index (κ3) is 3.41. The molecule has 2 heterocycles. The standard InChI is InChI=1S/C13H26N2O2/c1-15-7-4-3-5-12(15)9-14-10-13(16-2)6-8-17-11-13/h12,14H,3-11H2,1-2H3. The average molecular weight is 242 g/mol. The Morgan fingerprint density at radius 2 is 2.35 bits per heavy atom. The molecule has 2 aliphatic heterocycles. The lowest BCUT2D eigenvalue weighted by atomic mass is 10.0. The van der Waals surface area contributed by atoms with Gasteiger partial charge in [-0.3, -0.25) is 0 Å². The minimum absolute atomic E-state index is 0.0762. The van der Waals surface area contributed by atoms with E-state index in [1.807, 2.05) is 0 Å². The van der Waals surface area contributed by atoms with Crippen LogP contribution in [0.3, 0.4) is 0 Å². The Morgan fingerprint density at radius 1 is 1.47 bits per heavy atom. The van der Waals surface area contributed by atoms with Crippen LogP contribution in [0.1, 0.15) is 25.7 Å². The van der Waals surface area contributed by atoms with E-state index in [9.17, 15) is 0 Å². The number of nitrogens with one attached hydrogen (secondary N) is 1. The van der Waals surface area contributed by atoms with Gasteiger partial charge in [-0.15, -0.1) is 0 Å². The van der Waals surface area contributed by atoms with Gasteiger partial charge in [-0.05, 0) is 26.4 Å². The summed E-state index contributed by atoms with van der Waals surface area (Å²) in [6, 6.07) is 0.694. The lowest BCUT2D eigenvalue weighted by Gasteiger charge is -2.34. The van der Waals surface area contributed by atoms with Crippen LogP contribution >= 0.6 is 0 Å². The highest BCUT2D eigenvalue weighted by Crippen LogP contribution is 2.21. The number of likely N-dealkylation sites (tertiary alicyclic amines) is 1. The Morgan fingerprint density at radius 3 is 3.00 bits per heavy atom. The molecular formula is C13H26N2O2. The number of methoxy groups -OCH3 is 1. The van der Waals surface area contributed by atoms with E-state index in [4.69, 9.17) is 9.47 Å². The lowest BCUT2D eigenvalue weighted by molar-refractivity contribution is -0.0168. The van der Waals surface area contributed by atoms with E-state index in [0.717, 1.165) is 32.7 Å². The molecule has 1 N–H and O–H groups in total. The average Bonchev–Trinajstić information content (AvgIpc) is 2.81. The zero-order chi connectivity index (χ0) is 12.1. The Hall–Kier alpha value is -0.160. The van der Waals surface area contributed by atoms with E-state index in [2.05, 4.69) is 17.3 Å². The number of ether oxygens (including phenoxy) is 2. The number of nitrogens with zero attached hydrogens (tertiary/aromatic N) is 1. The van der Waals surface area contributed by atoms with Crippen LogP contribution in [0, 0.1) is 0 Å². The maximum atomic E-state index is 5.61. The fraction of sp³-hybridized carbons (Fsp3) is 1.00. The van der Waals surface area contributed by atoms with Crippen LogP contribution in [0.25, 0.3) is 0 Å². The Labute approximate surface area is 105 Å². The zero-order valence-corrected chi connectivity index (χ0v) is 11.2. The predicted octanol–water partition coefficient (Wildman–Crippen LogP) is 0.866. The van der Waals surface area contributed by atoms with E-state index < -0.39 is 0 Å². The molecule has 2 rings (SSSR count). The summed E-state index contributed by atoms with van der Waals surface area (Å²) < 4.78 is 11.1. The first kappa shape index (κ1) is 13.3. The van der Waals surface area contributed by atoms with Crippen LogP contribution in [0.5, 0.6) is 0 Å². The second-order valence-electron chi connectivity index (χ2n) is 5.45. The highest BCUT2D eigenvalue weighted by atomic mass is 16.5. The summed E-state index contributed by atoms with van der Waals surface area (Å²) in [7, 11) is 4.03. The SMILES string of the molecule is COC1(CNCC2CCCCN2C)CCOC1. The van der Waals surface area contributed by atoms with Gasteiger partial charge in [0, 0.05) is 39.3 Å². The van der Waals surface area contributed by atoms with Crippen LogP contribution in [0.2, 0.25) is 0 Å². The quantitative estimate of drug-likeness (QED) is 0.775. The van der Waals surface area contributed by atoms with Crippen molar-refractivity contribution in [2.24, 2.45) is 0 Å². The highest BCUT2D eigenvalue weighted by Gasteiger charge is 2.34. The minimum Gasteiger partial charge on any atom is -0.378 e. The van der Waals surface area contributed by atoms with Gasteiger partial charge >= 0.3 is 0 Å². The molecule has 2 fully saturated rings. The van der Waals surface area contributed by atoms with E-state index in [-0.39, 0.29) is 5.60 Å². The summed E-state index contributed by atoms with van der Waals surface area (Å²) in [4.78, 5) is 2.47. The van der Waals surface area contributed by atoms with Crippen LogP contribution in [0.4, 0.5) is 0 Å². The molecule has 17 heavy (non-hydrogen) atoms. The van der Waals surface area contributed by atoms with Gasteiger partial charge in [-0.1, -0.05) is 6.42 Å². The normalized spacial score (nSPS) is 35.3. The fourth-order valence-electron chi connectivity index (χ4n) is 2.83. The van der Waals surface area contributed by atoms with Crippen LogP contribution in [0.15, 0.2) is 0 Å². The van der Waals surface area contributed by atoms with E-state index in [1.165, 1.54) is 25.8 Å². The minimum atomic E-state index is -0.0762. The number of hydrogen-bond donors (Lipinski definition) is 1. The van der Waals surface area contributed by atoms with Gasteiger partial charge in [0.25, 0.3) is 0 Å². The van der Waals surface area contributed by atoms with Gasteiger partial charge < -0.3 is 19.7 Å².